The van der Waals surface area contributed by atoms with Gasteiger partial charge in [-0.25, -0.2) is 9.37 Å². The molecule has 5 N–H and O–H groups in total. The Kier molecular flexibility index (Phi) is 5.97. The molecule has 0 bridgehead atoms. The van der Waals surface area contributed by atoms with Crippen molar-refractivity contribution in [3.8, 4) is 0 Å². The lowest BCUT2D eigenvalue weighted by atomic mass is 10.0. The van der Waals surface area contributed by atoms with E-state index in [2.05, 4.69) is 74.5 Å². The van der Waals surface area contributed by atoms with Crippen molar-refractivity contribution in [2.24, 2.45) is 0 Å². The van der Waals surface area contributed by atoms with Gasteiger partial charge in [0, 0.05) is 11.7 Å². The van der Waals surface area contributed by atoms with Crippen molar-refractivity contribution in [3.05, 3.63) is 83.4 Å². The summed E-state index contributed by atoms with van der Waals surface area (Å²) in [5.41, 5.74) is 7.81. The van der Waals surface area contributed by atoms with E-state index in [4.69, 9.17) is 4.98 Å². The zero-order valence-electron chi connectivity index (χ0n) is 23.5. The van der Waals surface area contributed by atoms with E-state index in [1.807, 2.05) is 12.1 Å². The first-order chi connectivity index (χ1) is 20.0. The molecule has 3 fully saturated rings. The predicted molar refractivity (Wildman–Crippen MR) is 163 cm³/mol. The molecular formula is C33H38FN7. The van der Waals surface area contributed by atoms with Gasteiger partial charge in [0.2, 0.25) is 0 Å². The second-order valence-corrected chi connectivity index (χ2v) is 12.4. The Morgan fingerprint density at radius 1 is 0.805 bits per heavy atom. The quantitative estimate of drug-likeness (QED) is 0.195. The molecule has 2 unspecified atom stereocenters. The number of aromatic amines is 1. The van der Waals surface area contributed by atoms with E-state index < -0.39 is 0 Å². The lowest BCUT2D eigenvalue weighted by molar-refractivity contribution is 0.429. The van der Waals surface area contributed by atoms with E-state index >= 15 is 0 Å². The fraction of sp³-hybridized carbons (Fsp3) is 0.424. The number of aromatic nitrogens is 2. The maximum Gasteiger partial charge on any atom is 0.124 e. The smallest absolute Gasteiger partial charge is 0.124 e. The zero-order chi connectivity index (χ0) is 27.6. The molecule has 0 radical (unpaired) electrons. The van der Waals surface area contributed by atoms with Crippen LogP contribution in [0.25, 0.3) is 11.0 Å². The summed E-state index contributed by atoms with van der Waals surface area (Å²) in [6, 6.07) is 21.6. The number of hydrogen-bond donors (Lipinski definition) is 5. The molecule has 212 valence electrons. The normalized spacial score (nSPS) is 29.2. The maximum atomic E-state index is 14.0. The van der Waals surface area contributed by atoms with E-state index in [1.165, 1.54) is 30.4 Å². The summed E-state index contributed by atoms with van der Waals surface area (Å²) >= 11 is 0. The van der Waals surface area contributed by atoms with Gasteiger partial charge >= 0.3 is 0 Å². The highest BCUT2D eigenvalue weighted by atomic mass is 19.1. The number of imidazole rings is 1. The average Bonchev–Trinajstić information content (AvgIpc) is 3.81. The summed E-state index contributed by atoms with van der Waals surface area (Å²) in [6.45, 7) is 4.38. The molecule has 0 saturated carbocycles. The van der Waals surface area contributed by atoms with Gasteiger partial charge in [-0.15, -0.1) is 0 Å². The third kappa shape index (κ3) is 4.35. The molecule has 4 aliphatic rings. The number of halogens is 1. The molecule has 4 aromatic rings. The molecule has 5 heterocycles. The third-order valence-electron chi connectivity index (χ3n) is 9.78. The summed E-state index contributed by atoms with van der Waals surface area (Å²) in [5, 5.41) is 14.8. The Hall–Kier alpha value is -3.62. The Balaban J connectivity index is 1.13. The lowest BCUT2D eigenvalue weighted by Gasteiger charge is -2.33. The van der Waals surface area contributed by atoms with Crippen LogP contribution in [0.3, 0.4) is 0 Å². The van der Waals surface area contributed by atoms with Gasteiger partial charge in [-0.1, -0.05) is 12.1 Å². The second kappa shape index (κ2) is 9.74. The highest BCUT2D eigenvalue weighted by molar-refractivity contribution is 5.78. The molecule has 0 aliphatic carbocycles. The number of hydrogen-bond acceptors (Lipinski definition) is 6. The van der Waals surface area contributed by atoms with Crippen molar-refractivity contribution < 1.29 is 4.39 Å². The minimum absolute atomic E-state index is 0.179. The number of fused-ring (bicyclic) bond motifs is 2. The van der Waals surface area contributed by atoms with Crippen LogP contribution in [0.1, 0.15) is 80.5 Å². The molecule has 8 heteroatoms. The van der Waals surface area contributed by atoms with E-state index in [0.717, 1.165) is 66.3 Å². The number of rotatable bonds is 5. The van der Waals surface area contributed by atoms with Crippen LogP contribution >= 0.6 is 0 Å². The van der Waals surface area contributed by atoms with Crippen LogP contribution in [0.15, 0.2) is 60.7 Å². The van der Waals surface area contributed by atoms with Crippen LogP contribution in [0, 0.1) is 5.82 Å². The minimum Gasteiger partial charge on any atom is -0.360 e. The van der Waals surface area contributed by atoms with Crippen LogP contribution in [0.5, 0.6) is 0 Å². The summed E-state index contributed by atoms with van der Waals surface area (Å²) < 4.78 is 14.0. The first kappa shape index (κ1) is 25.1. The van der Waals surface area contributed by atoms with Gasteiger partial charge in [0.05, 0.1) is 40.5 Å². The molecule has 5 atom stereocenters. The van der Waals surface area contributed by atoms with Gasteiger partial charge in [-0.05, 0) is 118 Å². The Bertz CT molecular complexity index is 1570. The van der Waals surface area contributed by atoms with Gasteiger partial charge in [0.25, 0.3) is 0 Å². The standard InChI is InChI=1S/C33H38FN7/c1-33(31-5-3-17-36-31)39-25-13-7-21(19-28(25)40-33)30-15-14-29(41(30)23-10-8-22(34)9-11-23)20-6-12-24-27(18-20)38-32(37-24)26-4-2-16-35-26/h6-13,18-19,26,29-31,35-36,39-40H,2-5,14-17H2,1H3,(H,37,38)/t26-,29?,30?,31-,33+/m0/s1. The van der Waals surface area contributed by atoms with E-state index in [1.54, 1.807) is 12.1 Å². The predicted octanol–water partition coefficient (Wildman–Crippen LogP) is 6.51. The first-order valence-electron chi connectivity index (χ1n) is 15.2. The van der Waals surface area contributed by atoms with Gasteiger partial charge in [0.1, 0.15) is 17.3 Å². The van der Waals surface area contributed by atoms with Crippen molar-refractivity contribution in [2.45, 2.75) is 75.3 Å². The topological polar surface area (TPSA) is 80.0 Å². The number of nitrogens with one attached hydrogen (secondary N) is 5. The Morgan fingerprint density at radius 3 is 2.29 bits per heavy atom. The second-order valence-electron chi connectivity index (χ2n) is 12.4. The SMILES string of the molecule is C[C@@]1([C@@H]2CCCN2)Nc2ccc(C3CCC(c4ccc5nc([C@@H]6CCCN6)[nH]c5c4)N3c3ccc(F)cc3)cc2N1. The van der Waals surface area contributed by atoms with Gasteiger partial charge in [-0.3, -0.25) is 0 Å². The van der Waals surface area contributed by atoms with Gasteiger partial charge in [0.15, 0.2) is 0 Å². The van der Waals surface area contributed by atoms with Gasteiger partial charge in [-0.2, -0.15) is 0 Å². The van der Waals surface area contributed by atoms with Crippen LogP contribution in [-0.2, 0) is 0 Å². The third-order valence-corrected chi connectivity index (χ3v) is 9.78. The molecule has 3 aromatic carbocycles. The van der Waals surface area contributed by atoms with E-state index in [-0.39, 0.29) is 23.6 Å². The Labute approximate surface area is 240 Å². The summed E-state index contributed by atoms with van der Waals surface area (Å²) in [7, 11) is 0. The molecule has 41 heavy (non-hydrogen) atoms. The van der Waals surface area contributed by atoms with Crippen LogP contribution < -0.4 is 26.2 Å². The van der Waals surface area contributed by atoms with Crippen molar-refractivity contribution in [1.29, 1.82) is 0 Å². The number of anilines is 3. The van der Waals surface area contributed by atoms with Gasteiger partial charge < -0.3 is 31.2 Å². The maximum absolute atomic E-state index is 14.0. The molecule has 3 saturated heterocycles. The molecule has 4 aliphatic heterocycles. The van der Waals surface area contributed by atoms with Crippen LogP contribution in [0.2, 0.25) is 0 Å². The van der Waals surface area contributed by atoms with E-state index in [9.17, 15) is 4.39 Å². The summed E-state index contributed by atoms with van der Waals surface area (Å²) in [5.74, 6) is 0.828. The Morgan fingerprint density at radius 2 is 1.54 bits per heavy atom. The van der Waals surface area contributed by atoms with E-state index in [0.29, 0.717) is 12.1 Å². The summed E-state index contributed by atoms with van der Waals surface area (Å²) in [6.07, 6.45) is 6.73. The van der Waals surface area contributed by atoms with Crippen LogP contribution in [0.4, 0.5) is 21.5 Å². The number of benzene rings is 3. The monoisotopic (exact) mass is 551 g/mol. The average molecular weight is 552 g/mol. The van der Waals surface area contributed by atoms with Crippen LogP contribution in [-0.4, -0.2) is 34.8 Å². The number of H-pyrrole nitrogens is 1. The molecular weight excluding hydrogens is 513 g/mol. The summed E-state index contributed by atoms with van der Waals surface area (Å²) in [4.78, 5) is 11.0. The first-order valence-corrected chi connectivity index (χ1v) is 15.2. The highest BCUT2D eigenvalue weighted by Gasteiger charge is 2.41. The van der Waals surface area contributed by atoms with Crippen molar-refractivity contribution in [1.82, 2.24) is 20.6 Å². The fourth-order valence-corrected chi connectivity index (χ4v) is 7.70. The minimum atomic E-state index is -0.208. The van der Waals surface area contributed by atoms with Crippen molar-refractivity contribution in [3.63, 3.8) is 0 Å². The highest BCUT2D eigenvalue weighted by Crippen LogP contribution is 2.49. The molecule has 0 amide bonds. The largest absolute Gasteiger partial charge is 0.360 e. The molecule has 1 aromatic heterocycles. The number of nitrogens with zero attached hydrogens (tertiary/aromatic N) is 2. The molecule has 7 nitrogen and oxygen atoms in total. The molecule has 8 rings (SSSR count). The molecule has 0 spiro atoms. The van der Waals surface area contributed by atoms with Crippen molar-refractivity contribution in [2.75, 3.05) is 28.6 Å². The fourth-order valence-electron chi connectivity index (χ4n) is 7.70. The zero-order valence-corrected chi connectivity index (χ0v) is 23.5. The van der Waals surface area contributed by atoms with Crippen molar-refractivity contribution >= 4 is 28.1 Å². The lowest BCUT2D eigenvalue weighted by Crippen LogP contribution is -2.54.